The number of hydrogen-bond donors (Lipinski definition) is 0. The standard InChI is InChI=1S/C9H17N2/c1-5-6-9-8(2)7-10(3)11(9)4/h7H,5-6H2,1-4H3/q+1. The van der Waals surface area contributed by atoms with Crippen molar-refractivity contribution in [2.75, 3.05) is 0 Å². The van der Waals surface area contributed by atoms with Crippen molar-refractivity contribution in [3.63, 3.8) is 0 Å². The van der Waals surface area contributed by atoms with Crippen molar-refractivity contribution < 1.29 is 4.68 Å². The molecule has 0 aromatic carbocycles. The van der Waals surface area contributed by atoms with E-state index in [9.17, 15) is 0 Å². The zero-order valence-electron chi connectivity index (χ0n) is 7.89. The second-order valence-corrected chi connectivity index (χ2v) is 3.11. The highest BCUT2D eigenvalue weighted by Crippen LogP contribution is 2.05. The van der Waals surface area contributed by atoms with E-state index in [4.69, 9.17) is 0 Å². The zero-order valence-corrected chi connectivity index (χ0v) is 7.89. The monoisotopic (exact) mass is 153 g/mol. The van der Waals surface area contributed by atoms with Gasteiger partial charge in [-0.15, -0.1) is 4.68 Å². The summed E-state index contributed by atoms with van der Waals surface area (Å²) < 4.78 is 4.33. The number of aryl methyl sites for hydroxylation is 2. The number of aromatic nitrogens is 2. The average Bonchev–Trinajstić information content (AvgIpc) is 2.17. The van der Waals surface area contributed by atoms with Crippen LogP contribution < -0.4 is 4.68 Å². The van der Waals surface area contributed by atoms with Gasteiger partial charge in [-0.1, -0.05) is 13.3 Å². The van der Waals surface area contributed by atoms with Gasteiger partial charge in [-0.25, -0.2) is 0 Å². The summed E-state index contributed by atoms with van der Waals surface area (Å²) in [6.07, 6.45) is 4.58. The molecule has 0 spiro atoms. The molecule has 0 saturated heterocycles. The van der Waals surface area contributed by atoms with E-state index in [1.807, 2.05) is 0 Å². The molecule has 0 unspecified atom stereocenters. The van der Waals surface area contributed by atoms with E-state index in [-0.39, 0.29) is 0 Å². The lowest BCUT2D eigenvalue weighted by molar-refractivity contribution is -0.751. The lowest BCUT2D eigenvalue weighted by Gasteiger charge is -1.97. The Balaban J connectivity index is 3.02. The summed E-state index contributed by atoms with van der Waals surface area (Å²) in [4.78, 5) is 0. The van der Waals surface area contributed by atoms with Crippen molar-refractivity contribution in [3.05, 3.63) is 17.5 Å². The van der Waals surface area contributed by atoms with Crippen LogP contribution in [0.1, 0.15) is 24.6 Å². The van der Waals surface area contributed by atoms with Crippen LogP contribution in [0.2, 0.25) is 0 Å². The molecule has 0 aliphatic heterocycles. The van der Waals surface area contributed by atoms with Crippen molar-refractivity contribution in [1.82, 2.24) is 4.68 Å². The molecule has 1 aromatic rings. The fourth-order valence-corrected chi connectivity index (χ4v) is 1.48. The van der Waals surface area contributed by atoms with Crippen LogP contribution in [0.25, 0.3) is 0 Å². The highest BCUT2D eigenvalue weighted by molar-refractivity contribution is 5.12. The van der Waals surface area contributed by atoms with Crippen LogP contribution in [0.15, 0.2) is 6.20 Å². The molecule has 0 aliphatic rings. The molecule has 11 heavy (non-hydrogen) atoms. The van der Waals surface area contributed by atoms with Crippen LogP contribution in [-0.4, -0.2) is 4.68 Å². The Morgan fingerprint density at radius 2 is 2.18 bits per heavy atom. The number of hydrogen-bond acceptors (Lipinski definition) is 0. The van der Waals surface area contributed by atoms with Gasteiger partial charge < -0.3 is 0 Å². The van der Waals surface area contributed by atoms with E-state index in [1.54, 1.807) is 0 Å². The van der Waals surface area contributed by atoms with Gasteiger partial charge in [0.15, 0.2) is 13.2 Å². The van der Waals surface area contributed by atoms with Gasteiger partial charge in [0, 0.05) is 5.56 Å². The maximum Gasteiger partial charge on any atom is 0.198 e. The highest BCUT2D eigenvalue weighted by Gasteiger charge is 2.10. The van der Waals surface area contributed by atoms with Gasteiger partial charge in [-0.05, 0) is 13.3 Å². The zero-order chi connectivity index (χ0) is 8.43. The van der Waals surface area contributed by atoms with Crippen molar-refractivity contribution in [3.8, 4) is 0 Å². The molecular weight excluding hydrogens is 136 g/mol. The summed E-state index contributed by atoms with van der Waals surface area (Å²) >= 11 is 0. The molecule has 0 fully saturated rings. The Kier molecular flexibility index (Phi) is 2.32. The van der Waals surface area contributed by atoms with Crippen LogP contribution in [0.3, 0.4) is 0 Å². The summed E-state index contributed by atoms with van der Waals surface area (Å²) in [5, 5.41) is 0. The van der Waals surface area contributed by atoms with Crippen LogP contribution in [0.5, 0.6) is 0 Å². The van der Waals surface area contributed by atoms with Gasteiger partial charge in [0.25, 0.3) is 0 Å². The molecule has 1 heterocycles. The molecule has 0 radical (unpaired) electrons. The summed E-state index contributed by atoms with van der Waals surface area (Å²) in [6, 6.07) is 0. The van der Waals surface area contributed by atoms with E-state index in [0.717, 1.165) is 0 Å². The maximum absolute atomic E-state index is 2.21. The lowest BCUT2D eigenvalue weighted by atomic mass is 10.2. The fraction of sp³-hybridized carbons (Fsp3) is 0.667. The molecule has 0 saturated carbocycles. The summed E-state index contributed by atoms with van der Waals surface area (Å²) in [5.74, 6) is 0. The molecule has 62 valence electrons. The smallest absolute Gasteiger partial charge is 0.161 e. The molecule has 2 nitrogen and oxygen atoms in total. The van der Waals surface area contributed by atoms with Crippen molar-refractivity contribution in [2.45, 2.75) is 26.7 Å². The third-order valence-corrected chi connectivity index (χ3v) is 2.19. The Morgan fingerprint density at radius 3 is 2.55 bits per heavy atom. The third-order valence-electron chi connectivity index (χ3n) is 2.19. The largest absolute Gasteiger partial charge is 0.198 e. The quantitative estimate of drug-likeness (QED) is 0.563. The Labute approximate surface area is 68.4 Å². The van der Waals surface area contributed by atoms with Crippen molar-refractivity contribution in [2.24, 2.45) is 14.1 Å². The molecule has 0 bridgehead atoms. The predicted octanol–water partition coefficient (Wildman–Crippen LogP) is 1.11. The van der Waals surface area contributed by atoms with Gasteiger partial charge >= 0.3 is 0 Å². The van der Waals surface area contributed by atoms with Gasteiger partial charge in [0.2, 0.25) is 0 Å². The first kappa shape index (κ1) is 8.31. The Bertz CT molecular complexity index is 248. The van der Waals surface area contributed by atoms with Crippen molar-refractivity contribution >= 4 is 0 Å². The van der Waals surface area contributed by atoms with Gasteiger partial charge in [0.05, 0.1) is 12.7 Å². The van der Waals surface area contributed by atoms with E-state index < -0.39 is 0 Å². The summed E-state index contributed by atoms with van der Waals surface area (Å²) in [7, 11) is 4.18. The molecule has 0 N–H and O–H groups in total. The predicted molar refractivity (Wildman–Crippen MR) is 45.3 cm³/mol. The fourth-order valence-electron chi connectivity index (χ4n) is 1.48. The highest BCUT2D eigenvalue weighted by atomic mass is 15.4. The molecular formula is C9H17N2+. The van der Waals surface area contributed by atoms with Gasteiger partial charge in [-0.3, -0.25) is 0 Å². The van der Waals surface area contributed by atoms with Gasteiger partial charge in [0.1, 0.15) is 0 Å². The second kappa shape index (κ2) is 3.07. The molecule has 1 rings (SSSR count). The van der Waals surface area contributed by atoms with Crippen LogP contribution in [0.4, 0.5) is 0 Å². The molecule has 0 atom stereocenters. The number of rotatable bonds is 2. The summed E-state index contributed by atoms with van der Waals surface area (Å²) in [6.45, 7) is 4.39. The minimum absolute atomic E-state index is 1.18. The molecule has 0 aliphatic carbocycles. The Morgan fingerprint density at radius 1 is 1.55 bits per heavy atom. The molecule has 2 heteroatoms. The first-order chi connectivity index (χ1) is 5.16. The van der Waals surface area contributed by atoms with Crippen LogP contribution in [0, 0.1) is 6.92 Å². The maximum atomic E-state index is 2.21. The summed E-state index contributed by atoms with van der Waals surface area (Å²) in [5.41, 5.74) is 2.85. The third kappa shape index (κ3) is 1.44. The minimum atomic E-state index is 1.18. The van der Waals surface area contributed by atoms with E-state index in [2.05, 4.69) is 43.5 Å². The van der Waals surface area contributed by atoms with E-state index >= 15 is 0 Å². The van der Waals surface area contributed by atoms with E-state index in [0.29, 0.717) is 0 Å². The average molecular weight is 153 g/mol. The molecule has 0 amide bonds. The van der Waals surface area contributed by atoms with E-state index in [1.165, 1.54) is 24.1 Å². The normalized spacial score (nSPS) is 10.5. The first-order valence-electron chi connectivity index (χ1n) is 4.18. The molecule has 1 aromatic heterocycles. The first-order valence-corrected chi connectivity index (χ1v) is 4.18. The lowest BCUT2D eigenvalue weighted by Crippen LogP contribution is -2.37. The van der Waals surface area contributed by atoms with Crippen LogP contribution >= 0.6 is 0 Å². The minimum Gasteiger partial charge on any atom is -0.161 e. The second-order valence-electron chi connectivity index (χ2n) is 3.11. The topological polar surface area (TPSA) is 8.81 Å². The van der Waals surface area contributed by atoms with Crippen LogP contribution in [-0.2, 0) is 20.5 Å². The van der Waals surface area contributed by atoms with Crippen molar-refractivity contribution in [1.29, 1.82) is 0 Å². The Hall–Kier alpha value is -0.790. The number of nitrogens with zero attached hydrogens (tertiary/aromatic N) is 2. The SMILES string of the molecule is CCCc1c(C)c[n+](C)n1C. The van der Waals surface area contributed by atoms with Gasteiger partial charge in [-0.2, -0.15) is 4.68 Å².